The van der Waals surface area contributed by atoms with E-state index in [0.717, 1.165) is 23.8 Å². The van der Waals surface area contributed by atoms with Crippen molar-refractivity contribution in [1.29, 1.82) is 0 Å². The van der Waals surface area contributed by atoms with Crippen LogP contribution in [0.25, 0.3) is 5.69 Å². The van der Waals surface area contributed by atoms with Gasteiger partial charge in [-0.25, -0.2) is 9.36 Å². The van der Waals surface area contributed by atoms with Gasteiger partial charge in [-0.2, -0.15) is 13.2 Å². The molecule has 0 fully saturated rings. The molecule has 1 aliphatic rings. The van der Waals surface area contributed by atoms with Crippen LogP contribution in [0.2, 0.25) is 0 Å². The number of nitrogens with two attached hydrogens (primary N) is 1. The summed E-state index contributed by atoms with van der Waals surface area (Å²) in [6, 6.07) is 6.68. The number of aromatic hydroxyl groups is 1. The van der Waals surface area contributed by atoms with Gasteiger partial charge >= 0.3 is 11.9 Å². The van der Waals surface area contributed by atoms with Crippen molar-refractivity contribution in [2.45, 2.75) is 18.6 Å². The van der Waals surface area contributed by atoms with Gasteiger partial charge in [-0.15, -0.1) is 0 Å². The second-order valence-electron chi connectivity index (χ2n) is 7.54. The predicted molar refractivity (Wildman–Crippen MR) is 111 cm³/mol. The van der Waals surface area contributed by atoms with Gasteiger partial charge in [0.2, 0.25) is 5.88 Å². The van der Waals surface area contributed by atoms with Gasteiger partial charge in [-0.3, -0.25) is 9.78 Å². The Kier molecular flexibility index (Phi) is 5.66. The van der Waals surface area contributed by atoms with Crippen LogP contribution in [-0.2, 0) is 12.6 Å². The molecule has 8 nitrogen and oxygen atoms in total. The van der Waals surface area contributed by atoms with E-state index >= 15 is 0 Å². The molecule has 3 aromatic rings. The number of aromatic amines is 1. The first kappa shape index (κ1) is 22.5. The van der Waals surface area contributed by atoms with Crippen molar-refractivity contribution in [2.24, 2.45) is 0 Å². The molecule has 11 heteroatoms. The molecule has 2 aromatic carbocycles. The van der Waals surface area contributed by atoms with Gasteiger partial charge in [0.05, 0.1) is 32.0 Å². The molecule has 4 N–H and O–H groups in total. The fourth-order valence-corrected chi connectivity index (χ4v) is 4.13. The minimum absolute atomic E-state index is 0.153. The van der Waals surface area contributed by atoms with Gasteiger partial charge in [0, 0.05) is 12.0 Å². The van der Waals surface area contributed by atoms with E-state index in [1.165, 1.54) is 20.3 Å². The molecule has 0 saturated carbocycles. The Morgan fingerprint density at radius 3 is 2.48 bits per heavy atom. The van der Waals surface area contributed by atoms with E-state index in [9.17, 15) is 27.9 Å². The number of ether oxygens (including phenoxy) is 2. The number of hydrogen-bond acceptors (Lipinski definition) is 5. The van der Waals surface area contributed by atoms with Crippen molar-refractivity contribution < 1.29 is 33.1 Å². The number of hydrogen-bond donors (Lipinski definition) is 3. The smallest absolute Gasteiger partial charge is 0.416 e. The fourth-order valence-electron chi connectivity index (χ4n) is 4.13. The van der Waals surface area contributed by atoms with Gasteiger partial charge in [-0.05, 0) is 35.9 Å². The molecule has 4 rings (SSSR count). The van der Waals surface area contributed by atoms with Gasteiger partial charge in [0.1, 0.15) is 11.6 Å². The van der Waals surface area contributed by atoms with Gasteiger partial charge in [0.15, 0.2) is 11.5 Å². The van der Waals surface area contributed by atoms with Crippen LogP contribution in [0.1, 0.15) is 28.3 Å². The summed E-state index contributed by atoms with van der Waals surface area (Å²) < 4.78 is 50.9. The zero-order valence-electron chi connectivity index (χ0n) is 17.7. The minimum atomic E-state index is -4.65. The van der Waals surface area contributed by atoms with Crippen LogP contribution >= 0.6 is 0 Å². The molecular weight excluding hydrogens is 443 g/mol. The summed E-state index contributed by atoms with van der Waals surface area (Å²) in [6.45, 7) is 0.564. The molecule has 1 aliphatic heterocycles. The number of H-pyrrole nitrogens is 1. The van der Waals surface area contributed by atoms with Gasteiger partial charge in [0.25, 0.3) is 5.56 Å². The summed E-state index contributed by atoms with van der Waals surface area (Å²) in [5.41, 5.74) is -1.74. The largest absolute Gasteiger partial charge is 0.494 e. The highest BCUT2D eigenvalue weighted by Crippen LogP contribution is 2.37. The number of fused-ring (bicyclic) bond motifs is 1. The lowest BCUT2D eigenvalue weighted by atomic mass is 9.90. The zero-order chi connectivity index (χ0) is 23.9. The summed E-state index contributed by atoms with van der Waals surface area (Å²) in [7, 11) is 2.96. The Balaban J connectivity index is 1.92. The Morgan fingerprint density at radius 1 is 1.12 bits per heavy atom. The number of nitrogens with one attached hydrogen (secondary N) is 1. The summed E-state index contributed by atoms with van der Waals surface area (Å²) >= 11 is 0. The van der Waals surface area contributed by atoms with Crippen LogP contribution in [0.4, 0.5) is 13.2 Å². The van der Waals surface area contributed by atoms with E-state index in [0.29, 0.717) is 34.6 Å². The molecule has 1 aromatic heterocycles. The van der Waals surface area contributed by atoms with Crippen LogP contribution in [0.5, 0.6) is 17.4 Å². The Morgan fingerprint density at radius 2 is 1.82 bits per heavy atom. The van der Waals surface area contributed by atoms with Crippen molar-refractivity contribution >= 4 is 0 Å². The molecule has 33 heavy (non-hydrogen) atoms. The molecule has 174 valence electrons. The SMILES string of the molecule is COc1cc2c(cc1OC)[C@@H](c1c(O)n(-c3cccc(C(F)(F)F)c3)c(=O)[nH]c1=O)[NH2+]CC2. The zero-order valence-corrected chi connectivity index (χ0v) is 17.7. The normalized spacial score (nSPS) is 15.7. The average Bonchev–Trinajstić information content (AvgIpc) is 2.77. The summed E-state index contributed by atoms with van der Waals surface area (Å²) in [5, 5.41) is 12.8. The minimum Gasteiger partial charge on any atom is -0.494 e. The van der Waals surface area contributed by atoms with Gasteiger partial charge < -0.3 is 19.9 Å². The first-order valence-corrected chi connectivity index (χ1v) is 9.99. The average molecular weight is 464 g/mol. The summed E-state index contributed by atoms with van der Waals surface area (Å²) in [4.78, 5) is 27.4. The second-order valence-corrected chi connectivity index (χ2v) is 7.54. The van der Waals surface area contributed by atoms with Crippen LogP contribution in [0, 0.1) is 0 Å². The second kappa shape index (κ2) is 8.32. The maximum Gasteiger partial charge on any atom is 0.416 e. The van der Waals surface area contributed by atoms with E-state index < -0.39 is 34.9 Å². The van der Waals surface area contributed by atoms with Crippen LogP contribution < -0.4 is 26.0 Å². The number of aromatic nitrogens is 2. The van der Waals surface area contributed by atoms with Crippen LogP contribution in [0.15, 0.2) is 46.0 Å². The monoisotopic (exact) mass is 464 g/mol. The van der Waals surface area contributed by atoms with E-state index in [1.807, 2.05) is 0 Å². The molecular formula is C22H21F3N3O5+. The first-order chi connectivity index (χ1) is 15.7. The molecule has 1 atom stereocenters. The number of methoxy groups -OCH3 is 2. The quantitative estimate of drug-likeness (QED) is 0.542. The highest BCUT2D eigenvalue weighted by atomic mass is 19.4. The molecule has 0 amide bonds. The molecule has 0 unspecified atom stereocenters. The summed E-state index contributed by atoms with van der Waals surface area (Å²) in [6.07, 6.45) is -4.00. The van der Waals surface area contributed by atoms with E-state index in [-0.39, 0.29) is 11.3 Å². The maximum absolute atomic E-state index is 13.2. The molecule has 0 saturated heterocycles. The third-order valence-electron chi connectivity index (χ3n) is 5.66. The number of alkyl halides is 3. The van der Waals surface area contributed by atoms with Crippen molar-refractivity contribution in [3.05, 3.63) is 79.5 Å². The van der Waals surface area contributed by atoms with Crippen molar-refractivity contribution in [3.63, 3.8) is 0 Å². The maximum atomic E-state index is 13.2. The van der Waals surface area contributed by atoms with Crippen molar-refractivity contribution in [3.8, 4) is 23.1 Å². The third-order valence-corrected chi connectivity index (χ3v) is 5.66. The number of benzene rings is 2. The van der Waals surface area contributed by atoms with Crippen molar-refractivity contribution in [1.82, 2.24) is 9.55 Å². The van der Waals surface area contributed by atoms with E-state index in [4.69, 9.17) is 9.47 Å². The standard InChI is InChI=1S/C22H20F3N3O5/c1-32-15-8-11-6-7-26-18(14(11)10-16(15)33-2)17-19(29)27-21(31)28(20(17)30)13-5-3-4-12(9-13)22(23,24)25/h3-5,8-10,18,26,30H,6-7H2,1-2H3,(H,27,29,31)/p+1/t18-/m0/s1. The Hall–Kier alpha value is -3.73. The van der Waals surface area contributed by atoms with Crippen LogP contribution in [-0.4, -0.2) is 35.4 Å². The summed E-state index contributed by atoms with van der Waals surface area (Å²) in [5.74, 6) is 0.189. The molecule has 0 aliphatic carbocycles. The molecule has 0 bridgehead atoms. The highest BCUT2D eigenvalue weighted by Gasteiger charge is 2.34. The number of rotatable bonds is 4. The number of quaternary nitrogens is 1. The third kappa shape index (κ3) is 3.95. The van der Waals surface area contributed by atoms with Gasteiger partial charge in [-0.1, -0.05) is 6.07 Å². The number of halogens is 3. The lowest BCUT2D eigenvalue weighted by Crippen LogP contribution is -2.87. The molecule has 0 radical (unpaired) electrons. The lowest BCUT2D eigenvalue weighted by Gasteiger charge is -2.26. The number of nitrogens with zero attached hydrogens (tertiary/aromatic N) is 1. The molecule has 0 spiro atoms. The van der Waals surface area contributed by atoms with E-state index in [2.05, 4.69) is 4.98 Å². The molecule has 2 heterocycles. The van der Waals surface area contributed by atoms with Crippen LogP contribution in [0.3, 0.4) is 0 Å². The predicted octanol–water partition coefficient (Wildman–Crippen LogP) is 1.48. The fraction of sp³-hybridized carbons (Fsp3) is 0.273. The Bertz CT molecular complexity index is 1330. The first-order valence-electron chi connectivity index (χ1n) is 9.99. The van der Waals surface area contributed by atoms with E-state index in [1.54, 1.807) is 17.4 Å². The van der Waals surface area contributed by atoms with Crippen molar-refractivity contribution in [2.75, 3.05) is 20.8 Å². The topological polar surface area (TPSA) is 110 Å². The highest BCUT2D eigenvalue weighted by molar-refractivity contribution is 5.52. The Labute approximate surface area is 185 Å². The lowest BCUT2D eigenvalue weighted by molar-refractivity contribution is -0.690.